The second kappa shape index (κ2) is 11.8. The van der Waals surface area contributed by atoms with E-state index in [1.807, 2.05) is 59.5 Å². The van der Waals surface area contributed by atoms with Crippen molar-refractivity contribution < 1.29 is 9.21 Å². The number of para-hydroxylation sites is 1. The van der Waals surface area contributed by atoms with Gasteiger partial charge in [-0.3, -0.25) is 9.78 Å². The molecule has 38 heavy (non-hydrogen) atoms. The number of benzene rings is 2. The highest BCUT2D eigenvalue weighted by molar-refractivity contribution is 7.99. The number of anilines is 1. The number of hydrogen-bond donors (Lipinski definition) is 2. The maximum atomic E-state index is 12.9. The number of thiocarbonyl (C=S) groups is 1. The van der Waals surface area contributed by atoms with Crippen LogP contribution in [0.15, 0.2) is 99.5 Å². The average molecular weight is 543 g/mol. The minimum atomic E-state index is -0.236. The molecule has 5 rings (SSSR count). The van der Waals surface area contributed by atoms with E-state index in [0.717, 1.165) is 39.1 Å². The zero-order chi connectivity index (χ0) is 26.5. The van der Waals surface area contributed by atoms with Crippen LogP contribution in [0.4, 0.5) is 5.69 Å². The van der Waals surface area contributed by atoms with E-state index in [4.69, 9.17) is 16.6 Å². The molecular formula is C30H30N4O2S2. The molecule has 1 aliphatic rings. The number of hydrogen-bond acceptors (Lipinski definition) is 5. The van der Waals surface area contributed by atoms with E-state index in [0.29, 0.717) is 11.7 Å². The van der Waals surface area contributed by atoms with Gasteiger partial charge in [-0.2, -0.15) is 0 Å². The minimum Gasteiger partial charge on any atom is -0.452 e. The van der Waals surface area contributed by atoms with Gasteiger partial charge < -0.3 is 20.0 Å². The molecule has 0 radical (unpaired) electrons. The number of aryl methyl sites for hydroxylation is 2. The highest BCUT2D eigenvalue weighted by Crippen LogP contribution is 2.41. The monoisotopic (exact) mass is 542 g/mol. The van der Waals surface area contributed by atoms with E-state index in [-0.39, 0.29) is 24.4 Å². The Labute approximate surface area is 232 Å². The number of aromatic nitrogens is 1. The number of nitrogens with zero attached hydrogens (tertiary/aromatic N) is 2. The van der Waals surface area contributed by atoms with Crippen molar-refractivity contribution in [3.63, 3.8) is 0 Å². The van der Waals surface area contributed by atoms with Crippen molar-refractivity contribution in [2.75, 3.05) is 11.9 Å². The molecule has 0 saturated carbocycles. The van der Waals surface area contributed by atoms with Crippen molar-refractivity contribution in [2.45, 2.75) is 48.8 Å². The number of furan rings is 1. The van der Waals surface area contributed by atoms with Gasteiger partial charge in [-0.1, -0.05) is 60.6 Å². The molecule has 8 heteroatoms. The molecule has 1 saturated heterocycles. The van der Waals surface area contributed by atoms with E-state index in [2.05, 4.69) is 53.7 Å². The lowest BCUT2D eigenvalue weighted by atomic mass is 10.0. The van der Waals surface area contributed by atoms with Crippen LogP contribution in [0.2, 0.25) is 0 Å². The average Bonchev–Trinajstić information content (AvgIpc) is 3.53. The summed E-state index contributed by atoms with van der Waals surface area (Å²) < 4.78 is 6.36. The van der Waals surface area contributed by atoms with Crippen molar-refractivity contribution in [1.82, 2.24) is 15.2 Å². The topological polar surface area (TPSA) is 70.4 Å². The van der Waals surface area contributed by atoms with E-state index in [9.17, 15) is 4.79 Å². The minimum absolute atomic E-state index is 0.0520. The molecular weight excluding hydrogens is 512 g/mol. The van der Waals surface area contributed by atoms with Crippen molar-refractivity contribution in [2.24, 2.45) is 0 Å². The molecule has 2 aromatic heterocycles. The third kappa shape index (κ3) is 5.92. The molecule has 3 heterocycles. The summed E-state index contributed by atoms with van der Waals surface area (Å²) in [5.41, 5.74) is 4.05. The van der Waals surface area contributed by atoms with E-state index < -0.39 is 0 Å². The third-order valence-corrected chi connectivity index (χ3v) is 7.86. The Balaban J connectivity index is 1.36. The zero-order valence-corrected chi connectivity index (χ0v) is 23.0. The Kier molecular flexibility index (Phi) is 8.10. The molecule has 0 bridgehead atoms. The van der Waals surface area contributed by atoms with Gasteiger partial charge in [-0.05, 0) is 73.6 Å². The van der Waals surface area contributed by atoms with Crippen LogP contribution in [-0.2, 0) is 11.2 Å². The van der Waals surface area contributed by atoms with Crippen LogP contribution in [0.5, 0.6) is 0 Å². The fourth-order valence-corrected chi connectivity index (χ4v) is 5.72. The number of pyridine rings is 1. The molecule has 0 aliphatic carbocycles. The van der Waals surface area contributed by atoms with Crippen LogP contribution < -0.4 is 10.6 Å². The lowest BCUT2D eigenvalue weighted by molar-refractivity contribution is -0.116. The lowest BCUT2D eigenvalue weighted by Gasteiger charge is -2.25. The lowest BCUT2D eigenvalue weighted by Crippen LogP contribution is -2.32. The first kappa shape index (κ1) is 26.0. The van der Waals surface area contributed by atoms with E-state index in [1.54, 1.807) is 18.0 Å². The Morgan fingerprint density at radius 1 is 1.08 bits per heavy atom. The Morgan fingerprint density at radius 2 is 1.87 bits per heavy atom. The maximum absolute atomic E-state index is 12.9. The van der Waals surface area contributed by atoms with Crippen molar-refractivity contribution in [1.29, 1.82) is 0 Å². The van der Waals surface area contributed by atoms with Gasteiger partial charge in [0, 0.05) is 29.7 Å². The van der Waals surface area contributed by atoms with Crippen LogP contribution >= 0.6 is 24.0 Å². The van der Waals surface area contributed by atoms with Crippen molar-refractivity contribution >= 4 is 40.7 Å². The number of carbonyl (C=O) groups excluding carboxylic acids is 1. The third-order valence-electron chi connectivity index (χ3n) is 6.58. The van der Waals surface area contributed by atoms with Crippen molar-refractivity contribution in [3.8, 4) is 0 Å². The fourth-order valence-electron chi connectivity index (χ4n) is 4.61. The van der Waals surface area contributed by atoms with E-state index >= 15 is 0 Å². The molecule has 1 amide bonds. The van der Waals surface area contributed by atoms with E-state index in [1.165, 1.54) is 5.56 Å². The largest absolute Gasteiger partial charge is 0.452 e. The SMILES string of the molecule is CCc1ccccc1NC(=O)CCN1C(=S)NC(c2ccccn2)C1c1ccc(Sc2ccc(C)cc2)o1. The summed E-state index contributed by atoms with van der Waals surface area (Å²) in [4.78, 5) is 20.7. The Bertz CT molecular complexity index is 1410. The Morgan fingerprint density at radius 3 is 2.63 bits per heavy atom. The molecule has 2 atom stereocenters. The first-order chi connectivity index (χ1) is 18.5. The first-order valence-corrected chi connectivity index (χ1v) is 13.9. The summed E-state index contributed by atoms with van der Waals surface area (Å²) in [6.45, 7) is 4.60. The van der Waals surface area contributed by atoms with Crippen LogP contribution in [0.25, 0.3) is 0 Å². The number of rotatable bonds is 9. The smallest absolute Gasteiger partial charge is 0.226 e. The van der Waals surface area contributed by atoms with Gasteiger partial charge in [0.2, 0.25) is 5.91 Å². The highest BCUT2D eigenvalue weighted by Gasteiger charge is 2.41. The predicted octanol–water partition coefficient (Wildman–Crippen LogP) is 6.70. The maximum Gasteiger partial charge on any atom is 0.226 e. The number of amides is 1. The van der Waals surface area contributed by atoms with Gasteiger partial charge in [0.25, 0.3) is 0 Å². The number of nitrogens with one attached hydrogen (secondary N) is 2. The molecule has 194 valence electrons. The molecule has 2 aromatic carbocycles. The van der Waals surface area contributed by atoms with Gasteiger partial charge in [-0.25, -0.2) is 0 Å². The fraction of sp³-hybridized carbons (Fsp3) is 0.233. The first-order valence-electron chi connectivity index (χ1n) is 12.7. The van der Waals surface area contributed by atoms with Gasteiger partial charge in [0.15, 0.2) is 10.2 Å². The Hall–Kier alpha value is -3.62. The quantitative estimate of drug-likeness (QED) is 0.228. The van der Waals surface area contributed by atoms with Crippen LogP contribution in [0, 0.1) is 6.92 Å². The van der Waals surface area contributed by atoms with Gasteiger partial charge in [-0.15, -0.1) is 0 Å². The molecule has 6 nitrogen and oxygen atoms in total. The second-order valence-corrected chi connectivity index (χ2v) is 10.7. The predicted molar refractivity (Wildman–Crippen MR) is 155 cm³/mol. The molecule has 4 aromatic rings. The summed E-state index contributed by atoms with van der Waals surface area (Å²) in [5.74, 6) is 0.725. The van der Waals surface area contributed by atoms with Crippen LogP contribution in [0.3, 0.4) is 0 Å². The zero-order valence-electron chi connectivity index (χ0n) is 21.4. The van der Waals surface area contributed by atoms with Gasteiger partial charge in [0.1, 0.15) is 11.8 Å². The summed E-state index contributed by atoms with van der Waals surface area (Å²) >= 11 is 7.33. The molecule has 0 spiro atoms. The summed E-state index contributed by atoms with van der Waals surface area (Å²) in [5, 5.41) is 7.87. The normalized spacial score (nSPS) is 16.9. The molecule has 2 N–H and O–H groups in total. The summed E-state index contributed by atoms with van der Waals surface area (Å²) in [7, 11) is 0. The summed E-state index contributed by atoms with van der Waals surface area (Å²) in [6, 6.07) is 25.7. The number of carbonyl (C=O) groups is 1. The molecule has 1 aliphatic heterocycles. The van der Waals surface area contributed by atoms with Crippen LogP contribution in [0.1, 0.15) is 48.0 Å². The molecule has 1 fully saturated rings. The summed E-state index contributed by atoms with van der Waals surface area (Å²) in [6.07, 6.45) is 2.92. The van der Waals surface area contributed by atoms with Crippen molar-refractivity contribution in [3.05, 3.63) is 108 Å². The van der Waals surface area contributed by atoms with Crippen LogP contribution in [-0.4, -0.2) is 27.4 Å². The molecule has 2 unspecified atom stereocenters. The van der Waals surface area contributed by atoms with Gasteiger partial charge in [0.05, 0.1) is 11.7 Å². The standard InChI is InChI=1S/C30H30N4O2S2/c1-3-21-8-4-5-9-23(21)32-26(35)17-19-34-29(28(33-30(34)37)24-10-6-7-18-31-24)25-15-16-27(36-25)38-22-13-11-20(2)12-14-22/h4-16,18,28-29H,3,17,19H2,1-2H3,(H,32,35)(H,33,37). The highest BCUT2D eigenvalue weighted by atomic mass is 32.2. The van der Waals surface area contributed by atoms with Gasteiger partial charge >= 0.3 is 0 Å². The second-order valence-electron chi connectivity index (χ2n) is 9.20.